The van der Waals surface area contributed by atoms with Crippen molar-refractivity contribution >= 4 is 23.5 Å². The summed E-state index contributed by atoms with van der Waals surface area (Å²) in [5.41, 5.74) is 3.49. The van der Waals surface area contributed by atoms with E-state index in [0.29, 0.717) is 11.5 Å². The summed E-state index contributed by atoms with van der Waals surface area (Å²) in [5.74, 6) is 0.604. The van der Waals surface area contributed by atoms with Crippen LogP contribution in [0.2, 0.25) is 0 Å². The fourth-order valence-electron chi connectivity index (χ4n) is 2.47. The van der Waals surface area contributed by atoms with Gasteiger partial charge in [-0.15, -0.1) is 0 Å². The van der Waals surface area contributed by atoms with Gasteiger partial charge in [0.05, 0.1) is 0 Å². The lowest BCUT2D eigenvalue weighted by molar-refractivity contribution is -0.121. The van der Waals surface area contributed by atoms with Crippen LogP contribution >= 0.6 is 0 Å². The molecule has 1 aliphatic heterocycles. The number of anilines is 1. The highest BCUT2D eigenvalue weighted by atomic mass is 16.2. The largest absolute Gasteiger partial charge is 0.378 e. The number of carbonyl (C=O) groups is 1. The Morgan fingerprint density at radius 2 is 1.65 bits per heavy atom. The van der Waals surface area contributed by atoms with E-state index in [2.05, 4.69) is 4.99 Å². The first-order valence-electron chi connectivity index (χ1n) is 7.47. The summed E-state index contributed by atoms with van der Waals surface area (Å²) in [6.07, 6.45) is 1.83. The van der Waals surface area contributed by atoms with Crippen molar-refractivity contribution in [3.05, 3.63) is 71.4 Å². The SMILES string of the molecule is CN1C(=O)/C(=C\c2ccc(N(C)C)cc2)N=C1c1ccccc1. The monoisotopic (exact) mass is 305 g/mol. The lowest BCUT2D eigenvalue weighted by Crippen LogP contribution is -2.28. The van der Waals surface area contributed by atoms with Crippen molar-refractivity contribution in [3.63, 3.8) is 0 Å². The highest BCUT2D eigenvalue weighted by Gasteiger charge is 2.27. The van der Waals surface area contributed by atoms with Gasteiger partial charge in [-0.2, -0.15) is 0 Å². The highest BCUT2D eigenvalue weighted by Crippen LogP contribution is 2.21. The van der Waals surface area contributed by atoms with Gasteiger partial charge in [0.25, 0.3) is 5.91 Å². The van der Waals surface area contributed by atoms with Crippen LogP contribution in [-0.4, -0.2) is 37.8 Å². The van der Waals surface area contributed by atoms with E-state index in [1.165, 1.54) is 0 Å². The van der Waals surface area contributed by atoms with Crippen LogP contribution in [0.15, 0.2) is 65.3 Å². The van der Waals surface area contributed by atoms with E-state index in [4.69, 9.17) is 0 Å². The fraction of sp³-hybridized carbons (Fsp3) is 0.158. The first kappa shape index (κ1) is 15.0. The van der Waals surface area contributed by atoms with Crippen molar-refractivity contribution < 1.29 is 4.79 Å². The molecular weight excluding hydrogens is 286 g/mol. The second-order valence-corrected chi connectivity index (χ2v) is 5.68. The number of rotatable bonds is 3. The van der Waals surface area contributed by atoms with Gasteiger partial charge in [-0.1, -0.05) is 42.5 Å². The molecule has 1 heterocycles. The van der Waals surface area contributed by atoms with Crippen molar-refractivity contribution in [2.24, 2.45) is 4.99 Å². The Morgan fingerprint density at radius 1 is 1.00 bits per heavy atom. The van der Waals surface area contributed by atoms with Gasteiger partial charge in [-0.05, 0) is 23.8 Å². The van der Waals surface area contributed by atoms with E-state index in [1.54, 1.807) is 11.9 Å². The van der Waals surface area contributed by atoms with Crippen LogP contribution in [-0.2, 0) is 4.79 Å². The molecule has 0 N–H and O–H groups in total. The summed E-state index contributed by atoms with van der Waals surface area (Å²) in [7, 11) is 5.75. The van der Waals surface area contributed by atoms with Gasteiger partial charge >= 0.3 is 0 Å². The number of benzene rings is 2. The zero-order valence-electron chi connectivity index (χ0n) is 13.5. The average Bonchev–Trinajstić information content (AvgIpc) is 2.85. The van der Waals surface area contributed by atoms with Crippen molar-refractivity contribution in [1.29, 1.82) is 0 Å². The Labute approximate surface area is 136 Å². The number of carbonyl (C=O) groups excluding carboxylic acids is 1. The molecule has 1 amide bonds. The molecule has 0 atom stereocenters. The maximum Gasteiger partial charge on any atom is 0.277 e. The summed E-state index contributed by atoms with van der Waals surface area (Å²) in [4.78, 5) is 20.6. The van der Waals surface area contributed by atoms with Crippen molar-refractivity contribution in [2.45, 2.75) is 0 Å². The molecule has 0 spiro atoms. The quantitative estimate of drug-likeness (QED) is 0.817. The predicted octanol–water partition coefficient (Wildman–Crippen LogP) is 3.01. The molecule has 2 aromatic carbocycles. The van der Waals surface area contributed by atoms with E-state index in [9.17, 15) is 4.79 Å². The van der Waals surface area contributed by atoms with E-state index >= 15 is 0 Å². The van der Waals surface area contributed by atoms with Crippen LogP contribution in [0.3, 0.4) is 0 Å². The normalized spacial score (nSPS) is 16.0. The second-order valence-electron chi connectivity index (χ2n) is 5.68. The molecule has 0 radical (unpaired) electrons. The van der Waals surface area contributed by atoms with Gasteiger partial charge in [0, 0.05) is 32.4 Å². The van der Waals surface area contributed by atoms with E-state index in [0.717, 1.165) is 16.8 Å². The van der Waals surface area contributed by atoms with Gasteiger partial charge in [-0.25, -0.2) is 4.99 Å². The lowest BCUT2D eigenvalue weighted by atomic mass is 10.1. The Morgan fingerprint density at radius 3 is 2.26 bits per heavy atom. The summed E-state index contributed by atoms with van der Waals surface area (Å²) >= 11 is 0. The molecule has 0 aromatic heterocycles. The van der Waals surface area contributed by atoms with Gasteiger partial charge in [0.15, 0.2) is 0 Å². The smallest absolute Gasteiger partial charge is 0.277 e. The molecule has 0 saturated carbocycles. The second kappa shape index (κ2) is 6.08. The molecule has 2 aromatic rings. The molecule has 23 heavy (non-hydrogen) atoms. The molecule has 0 bridgehead atoms. The predicted molar refractivity (Wildman–Crippen MR) is 94.5 cm³/mol. The van der Waals surface area contributed by atoms with Gasteiger partial charge in [0.1, 0.15) is 11.5 Å². The minimum Gasteiger partial charge on any atom is -0.378 e. The molecule has 1 aliphatic rings. The average molecular weight is 305 g/mol. The maximum absolute atomic E-state index is 12.4. The minimum absolute atomic E-state index is 0.0828. The third-order valence-corrected chi connectivity index (χ3v) is 3.81. The number of nitrogens with zero attached hydrogens (tertiary/aromatic N) is 3. The third-order valence-electron chi connectivity index (χ3n) is 3.81. The number of hydrogen-bond acceptors (Lipinski definition) is 3. The molecule has 4 nitrogen and oxygen atoms in total. The van der Waals surface area contributed by atoms with Crippen LogP contribution in [0.4, 0.5) is 5.69 Å². The number of amides is 1. The number of amidine groups is 1. The van der Waals surface area contributed by atoms with Crippen LogP contribution in [0.25, 0.3) is 6.08 Å². The number of aliphatic imine (C=N–C) groups is 1. The molecular formula is C19H19N3O. The Hall–Kier alpha value is -2.88. The van der Waals surface area contributed by atoms with Crippen molar-refractivity contribution in [2.75, 3.05) is 26.0 Å². The van der Waals surface area contributed by atoms with Gasteiger partial charge < -0.3 is 4.90 Å². The van der Waals surface area contributed by atoms with Crippen molar-refractivity contribution in [3.8, 4) is 0 Å². The molecule has 0 unspecified atom stereocenters. The van der Waals surface area contributed by atoms with E-state index < -0.39 is 0 Å². The highest BCUT2D eigenvalue weighted by molar-refractivity contribution is 6.19. The number of hydrogen-bond donors (Lipinski definition) is 0. The summed E-state index contributed by atoms with van der Waals surface area (Å²) in [5, 5.41) is 0. The summed E-state index contributed by atoms with van der Waals surface area (Å²) in [6, 6.07) is 17.8. The van der Waals surface area contributed by atoms with Crippen LogP contribution in [0.1, 0.15) is 11.1 Å². The lowest BCUT2D eigenvalue weighted by Gasteiger charge is -2.12. The standard InChI is InChI=1S/C19H19N3O/c1-21(2)16-11-9-14(10-12-16)13-17-19(23)22(3)18(20-17)15-7-5-4-6-8-15/h4-13H,1-3H3/b17-13+. The van der Waals surface area contributed by atoms with E-state index in [-0.39, 0.29) is 5.91 Å². The topological polar surface area (TPSA) is 35.9 Å². The van der Waals surface area contributed by atoms with Gasteiger partial charge in [0.2, 0.25) is 0 Å². The molecule has 4 heteroatoms. The third kappa shape index (κ3) is 3.01. The first-order valence-corrected chi connectivity index (χ1v) is 7.47. The molecule has 116 valence electrons. The molecule has 0 fully saturated rings. The van der Waals surface area contributed by atoms with Crippen molar-refractivity contribution in [1.82, 2.24) is 4.90 Å². The Kier molecular flexibility index (Phi) is 3.98. The zero-order chi connectivity index (χ0) is 16.4. The molecule has 3 rings (SSSR count). The fourth-order valence-corrected chi connectivity index (χ4v) is 2.47. The van der Waals surface area contributed by atoms with Crippen LogP contribution in [0.5, 0.6) is 0 Å². The molecule has 0 saturated heterocycles. The van der Waals surface area contributed by atoms with E-state index in [1.807, 2.05) is 79.7 Å². The Balaban J connectivity index is 1.93. The first-order chi connectivity index (χ1) is 11.1. The summed E-state index contributed by atoms with van der Waals surface area (Å²) in [6.45, 7) is 0. The Bertz CT molecular complexity index is 774. The van der Waals surface area contributed by atoms with Crippen LogP contribution in [0, 0.1) is 0 Å². The summed E-state index contributed by atoms with van der Waals surface area (Å²) < 4.78 is 0. The maximum atomic E-state index is 12.4. The van der Waals surface area contributed by atoms with Gasteiger partial charge in [-0.3, -0.25) is 9.69 Å². The van der Waals surface area contributed by atoms with Crippen LogP contribution < -0.4 is 4.90 Å². The number of likely N-dealkylation sites (N-methyl/N-ethyl adjacent to an activating group) is 1. The molecule has 0 aliphatic carbocycles. The minimum atomic E-state index is -0.0828. The zero-order valence-corrected chi connectivity index (χ0v) is 13.5.